The van der Waals surface area contributed by atoms with E-state index in [1.165, 1.54) is 4.91 Å². The minimum absolute atomic E-state index is 0.632. The van der Waals surface area contributed by atoms with Crippen molar-refractivity contribution in [2.75, 3.05) is 32.1 Å². The van der Waals surface area contributed by atoms with E-state index in [-0.39, 0.29) is 0 Å². The summed E-state index contributed by atoms with van der Waals surface area (Å²) in [5, 5.41) is 0. The van der Waals surface area contributed by atoms with Crippen molar-refractivity contribution in [2.45, 2.75) is 19.9 Å². The first kappa shape index (κ1) is 12.8. The van der Waals surface area contributed by atoms with Crippen molar-refractivity contribution >= 4 is 11.8 Å². The third kappa shape index (κ3) is 4.87. The van der Waals surface area contributed by atoms with Gasteiger partial charge >= 0.3 is 0 Å². The molecule has 0 saturated carbocycles. The molecule has 2 nitrogen and oxygen atoms in total. The minimum atomic E-state index is 0.632. The smallest absolute Gasteiger partial charge is 0.0594 e. The maximum absolute atomic E-state index is 5.34. The van der Waals surface area contributed by atoms with E-state index in [0.29, 0.717) is 6.04 Å². The first-order chi connectivity index (χ1) is 7.24. The highest BCUT2D eigenvalue weighted by Crippen LogP contribution is 2.18. The second-order valence-corrected chi connectivity index (χ2v) is 5.09. The van der Waals surface area contributed by atoms with Crippen LogP contribution in [-0.2, 0) is 4.74 Å². The molecular weight excluding hydrogens is 206 g/mol. The Hall–Kier alpha value is -0.250. The van der Waals surface area contributed by atoms with Crippen LogP contribution in [-0.4, -0.2) is 43.0 Å². The lowest BCUT2D eigenvalue weighted by Crippen LogP contribution is -2.43. The van der Waals surface area contributed by atoms with Gasteiger partial charge in [0.25, 0.3) is 0 Å². The number of hydrogen-bond acceptors (Lipinski definition) is 3. The molecule has 0 radical (unpaired) electrons. The van der Waals surface area contributed by atoms with Crippen LogP contribution >= 0.6 is 11.8 Å². The van der Waals surface area contributed by atoms with Crippen molar-refractivity contribution in [3.63, 3.8) is 0 Å². The predicted molar refractivity (Wildman–Crippen MR) is 68.3 cm³/mol. The summed E-state index contributed by atoms with van der Waals surface area (Å²) >= 11 is 1.91. The minimum Gasteiger partial charge on any atom is -0.379 e. The van der Waals surface area contributed by atoms with Gasteiger partial charge < -0.3 is 4.74 Å². The molecule has 1 aliphatic rings. The Morgan fingerprint density at radius 2 is 2.20 bits per heavy atom. The second kappa shape index (κ2) is 7.09. The number of nitrogens with zero attached hydrogens (tertiary/aromatic N) is 1. The largest absolute Gasteiger partial charge is 0.379 e. The van der Waals surface area contributed by atoms with Gasteiger partial charge in [-0.3, -0.25) is 4.90 Å². The van der Waals surface area contributed by atoms with E-state index in [2.05, 4.69) is 31.4 Å². The van der Waals surface area contributed by atoms with Crippen LogP contribution in [0.1, 0.15) is 13.8 Å². The quantitative estimate of drug-likeness (QED) is 0.670. The molecule has 1 unspecified atom stereocenters. The lowest BCUT2D eigenvalue weighted by molar-refractivity contribution is 0.0246. The molecule has 0 aromatic carbocycles. The summed E-state index contributed by atoms with van der Waals surface area (Å²) in [6.07, 6.45) is 3.92. The summed E-state index contributed by atoms with van der Waals surface area (Å²) in [4.78, 5) is 3.84. The zero-order chi connectivity index (χ0) is 11.1. The highest BCUT2D eigenvalue weighted by molar-refractivity contribution is 8.03. The number of hydrogen-bond donors (Lipinski definition) is 0. The van der Waals surface area contributed by atoms with E-state index in [0.717, 1.165) is 32.1 Å². The van der Waals surface area contributed by atoms with Gasteiger partial charge in [0.1, 0.15) is 0 Å². The standard InChI is InChI=1S/C12H21NOS/c1-4-5-12(3)15-10-11(2)13-6-8-14-9-7-13/h4-5,11H,1,6-10H2,2-3H3/b12-5-. The van der Waals surface area contributed by atoms with E-state index >= 15 is 0 Å². The Morgan fingerprint density at radius 3 is 2.80 bits per heavy atom. The zero-order valence-corrected chi connectivity index (χ0v) is 10.6. The monoisotopic (exact) mass is 227 g/mol. The Balaban J connectivity index is 2.25. The van der Waals surface area contributed by atoms with E-state index in [4.69, 9.17) is 4.74 Å². The summed E-state index contributed by atoms with van der Waals surface area (Å²) in [5.74, 6) is 1.15. The molecule has 0 spiro atoms. The summed E-state index contributed by atoms with van der Waals surface area (Å²) in [6, 6.07) is 0.632. The number of rotatable bonds is 5. The maximum Gasteiger partial charge on any atom is 0.0594 e. The van der Waals surface area contributed by atoms with Crippen molar-refractivity contribution < 1.29 is 4.74 Å². The van der Waals surface area contributed by atoms with Crippen molar-refractivity contribution in [2.24, 2.45) is 0 Å². The van der Waals surface area contributed by atoms with Gasteiger partial charge in [0.15, 0.2) is 0 Å². The number of ether oxygens (including phenoxy) is 1. The average molecular weight is 227 g/mol. The molecule has 0 N–H and O–H groups in total. The SMILES string of the molecule is C=C/C=C(/C)SCC(C)N1CCOCC1. The molecule has 1 saturated heterocycles. The van der Waals surface area contributed by atoms with Crippen molar-refractivity contribution in [3.05, 3.63) is 23.6 Å². The van der Waals surface area contributed by atoms with Crippen molar-refractivity contribution in [1.29, 1.82) is 0 Å². The molecule has 0 aromatic rings. The van der Waals surface area contributed by atoms with E-state index in [1.807, 2.05) is 17.8 Å². The molecule has 3 heteroatoms. The van der Waals surface area contributed by atoms with Crippen LogP contribution in [0.4, 0.5) is 0 Å². The predicted octanol–water partition coefficient (Wildman–Crippen LogP) is 2.53. The molecule has 1 aliphatic heterocycles. The van der Waals surface area contributed by atoms with E-state index < -0.39 is 0 Å². The topological polar surface area (TPSA) is 12.5 Å². The van der Waals surface area contributed by atoms with Crippen LogP contribution in [0.2, 0.25) is 0 Å². The molecule has 1 heterocycles. The van der Waals surface area contributed by atoms with Crippen LogP contribution in [0.5, 0.6) is 0 Å². The highest BCUT2D eigenvalue weighted by atomic mass is 32.2. The molecule has 86 valence electrons. The molecule has 1 fully saturated rings. The Kier molecular flexibility index (Phi) is 6.06. The lowest BCUT2D eigenvalue weighted by atomic mass is 10.3. The van der Waals surface area contributed by atoms with Gasteiger partial charge in [-0.05, 0) is 18.8 Å². The third-order valence-electron chi connectivity index (χ3n) is 2.57. The molecule has 1 atom stereocenters. The summed E-state index contributed by atoms with van der Waals surface area (Å²) < 4.78 is 5.34. The first-order valence-corrected chi connectivity index (χ1v) is 6.46. The number of allylic oxidation sites excluding steroid dienone is 3. The van der Waals surface area contributed by atoms with Crippen LogP contribution in [0, 0.1) is 0 Å². The molecule has 0 amide bonds. The van der Waals surface area contributed by atoms with Gasteiger partial charge in [-0.2, -0.15) is 0 Å². The van der Waals surface area contributed by atoms with Gasteiger partial charge in [0, 0.05) is 24.9 Å². The molecule has 15 heavy (non-hydrogen) atoms. The van der Waals surface area contributed by atoms with Gasteiger partial charge in [-0.1, -0.05) is 18.7 Å². The molecule has 0 aromatic heterocycles. The molecule has 0 bridgehead atoms. The zero-order valence-electron chi connectivity index (χ0n) is 9.74. The van der Waals surface area contributed by atoms with Gasteiger partial charge in [-0.25, -0.2) is 0 Å². The van der Waals surface area contributed by atoms with Gasteiger partial charge in [0.05, 0.1) is 13.2 Å². The average Bonchev–Trinajstić information content (AvgIpc) is 2.27. The molecule has 0 aliphatic carbocycles. The fraction of sp³-hybridized carbons (Fsp3) is 0.667. The van der Waals surface area contributed by atoms with E-state index in [9.17, 15) is 0 Å². The number of morpholine rings is 1. The van der Waals surface area contributed by atoms with E-state index in [1.54, 1.807) is 0 Å². The fourth-order valence-corrected chi connectivity index (χ4v) is 2.50. The number of thioether (sulfide) groups is 1. The lowest BCUT2D eigenvalue weighted by Gasteiger charge is -2.32. The summed E-state index contributed by atoms with van der Waals surface area (Å²) in [5.41, 5.74) is 0. The van der Waals surface area contributed by atoms with Gasteiger partial charge in [0.2, 0.25) is 0 Å². The van der Waals surface area contributed by atoms with Crippen LogP contribution in [0.25, 0.3) is 0 Å². The van der Waals surface area contributed by atoms with Crippen LogP contribution in [0.15, 0.2) is 23.6 Å². The van der Waals surface area contributed by atoms with Crippen LogP contribution in [0.3, 0.4) is 0 Å². The van der Waals surface area contributed by atoms with Crippen LogP contribution < -0.4 is 0 Å². The first-order valence-electron chi connectivity index (χ1n) is 5.48. The molecule has 1 rings (SSSR count). The third-order valence-corrected chi connectivity index (χ3v) is 3.81. The Bertz CT molecular complexity index is 222. The highest BCUT2D eigenvalue weighted by Gasteiger charge is 2.16. The normalized spacial score (nSPS) is 21.3. The van der Waals surface area contributed by atoms with Crippen molar-refractivity contribution in [3.8, 4) is 0 Å². The van der Waals surface area contributed by atoms with Crippen molar-refractivity contribution in [1.82, 2.24) is 4.90 Å². The summed E-state index contributed by atoms with van der Waals surface area (Å²) in [6.45, 7) is 12.1. The fourth-order valence-electron chi connectivity index (χ4n) is 1.59. The maximum atomic E-state index is 5.34. The second-order valence-electron chi connectivity index (χ2n) is 3.82. The van der Waals surface area contributed by atoms with Gasteiger partial charge in [-0.15, -0.1) is 11.8 Å². The molecular formula is C12H21NOS. The Labute approximate surface area is 97.4 Å². The summed E-state index contributed by atoms with van der Waals surface area (Å²) in [7, 11) is 0. The Morgan fingerprint density at radius 1 is 1.53 bits per heavy atom.